The van der Waals surface area contributed by atoms with Crippen LogP contribution < -0.4 is 10.6 Å². The van der Waals surface area contributed by atoms with E-state index in [1.165, 1.54) is 25.5 Å². The number of halogens is 2. The van der Waals surface area contributed by atoms with Gasteiger partial charge >= 0.3 is 0 Å². The molecule has 0 radical (unpaired) electrons. The highest BCUT2D eigenvalue weighted by Crippen LogP contribution is 2.15. The molecule has 0 bridgehead atoms. The maximum atomic E-state index is 13.5. The van der Waals surface area contributed by atoms with Crippen LogP contribution in [0, 0.1) is 11.6 Å². The Labute approximate surface area is 183 Å². The minimum Gasteiger partial charge on any atom is -0.389 e. The Kier molecular flexibility index (Phi) is 10.3. The minimum atomic E-state index is -0.960. The molecule has 174 valence electrons. The first kappa shape index (κ1) is 25.2. The molecule has 1 heterocycles. The van der Waals surface area contributed by atoms with Crippen molar-refractivity contribution in [2.75, 3.05) is 19.6 Å². The van der Waals surface area contributed by atoms with Crippen LogP contribution in [0.1, 0.15) is 57.9 Å². The van der Waals surface area contributed by atoms with Crippen LogP contribution in [-0.2, 0) is 16.0 Å². The summed E-state index contributed by atoms with van der Waals surface area (Å²) in [5.41, 5.74) is 0.359. The third-order valence-electron chi connectivity index (χ3n) is 5.71. The molecule has 0 aliphatic carbocycles. The summed E-state index contributed by atoms with van der Waals surface area (Å²) in [4.78, 5) is 25.8. The van der Waals surface area contributed by atoms with E-state index in [-0.39, 0.29) is 24.3 Å². The van der Waals surface area contributed by atoms with Crippen molar-refractivity contribution < 1.29 is 23.5 Å². The maximum absolute atomic E-state index is 13.5. The number of piperidine rings is 1. The zero-order valence-corrected chi connectivity index (χ0v) is 18.5. The van der Waals surface area contributed by atoms with Gasteiger partial charge in [0.1, 0.15) is 11.6 Å². The second-order valence-electron chi connectivity index (χ2n) is 8.29. The number of aliphatic hydroxyl groups is 1. The van der Waals surface area contributed by atoms with Crippen LogP contribution in [-0.4, -0.2) is 59.6 Å². The molecule has 0 unspecified atom stereocenters. The van der Waals surface area contributed by atoms with Gasteiger partial charge in [-0.3, -0.25) is 9.59 Å². The average molecular weight is 440 g/mol. The number of nitrogens with zero attached hydrogens (tertiary/aromatic N) is 1. The zero-order chi connectivity index (χ0) is 22.8. The van der Waals surface area contributed by atoms with Gasteiger partial charge < -0.3 is 20.6 Å². The summed E-state index contributed by atoms with van der Waals surface area (Å²) >= 11 is 0. The molecule has 3 N–H and O–H groups in total. The molecule has 6 nitrogen and oxygen atoms in total. The van der Waals surface area contributed by atoms with E-state index in [1.54, 1.807) is 0 Å². The highest BCUT2D eigenvalue weighted by molar-refractivity contribution is 5.76. The molecule has 0 saturated carbocycles. The number of carbonyl (C=O) groups excluding carboxylic acids is 2. The number of nitrogens with one attached hydrogen (secondary N) is 2. The fourth-order valence-electron chi connectivity index (χ4n) is 4.12. The van der Waals surface area contributed by atoms with Crippen molar-refractivity contribution >= 4 is 11.8 Å². The number of amides is 2. The molecule has 1 aliphatic rings. The lowest BCUT2D eigenvalue weighted by Gasteiger charge is -2.31. The van der Waals surface area contributed by atoms with Gasteiger partial charge in [0.2, 0.25) is 11.8 Å². The van der Waals surface area contributed by atoms with E-state index in [1.807, 2.05) is 11.8 Å². The lowest BCUT2D eigenvalue weighted by molar-refractivity contribution is -0.132. The number of hydrogen-bond donors (Lipinski definition) is 3. The van der Waals surface area contributed by atoms with Gasteiger partial charge in [-0.2, -0.15) is 0 Å². The molecule has 3 atom stereocenters. The van der Waals surface area contributed by atoms with Gasteiger partial charge in [-0.05, 0) is 62.8 Å². The molecule has 1 aromatic carbocycles. The van der Waals surface area contributed by atoms with Crippen molar-refractivity contribution in [2.45, 2.75) is 77.0 Å². The van der Waals surface area contributed by atoms with Gasteiger partial charge in [0, 0.05) is 38.5 Å². The van der Waals surface area contributed by atoms with Crippen molar-refractivity contribution in [3.05, 3.63) is 35.4 Å². The summed E-state index contributed by atoms with van der Waals surface area (Å²) in [6.07, 6.45) is 4.14. The molecule has 1 aliphatic heterocycles. The first-order valence-electron chi connectivity index (χ1n) is 11.2. The van der Waals surface area contributed by atoms with Crippen molar-refractivity contribution in [1.29, 1.82) is 0 Å². The van der Waals surface area contributed by atoms with Crippen LogP contribution in [0.15, 0.2) is 18.2 Å². The number of benzene rings is 1. The molecule has 1 fully saturated rings. The molecular weight excluding hydrogens is 404 g/mol. The van der Waals surface area contributed by atoms with Gasteiger partial charge in [0.25, 0.3) is 0 Å². The first-order chi connectivity index (χ1) is 14.8. The summed E-state index contributed by atoms with van der Waals surface area (Å²) < 4.78 is 27.1. The van der Waals surface area contributed by atoms with Gasteiger partial charge in [-0.15, -0.1) is 0 Å². The minimum absolute atomic E-state index is 0.0983. The van der Waals surface area contributed by atoms with E-state index in [9.17, 15) is 23.5 Å². The highest BCUT2D eigenvalue weighted by Gasteiger charge is 2.28. The Bertz CT molecular complexity index is 706. The Morgan fingerprint density at radius 2 is 1.74 bits per heavy atom. The quantitative estimate of drug-likeness (QED) is 0.463. The Hall–Kier alpha value is -2.06. The Balaban J connectivity index is 1.90. The van der Waals surface area contributed by atoms with Crippen LogP contribution in [0.25, 0.3) is 0 Å². The van der Waals surface area contributed by atoms with E-state index in [0.29, 0.717) is 31.4 Å². The fraction of sp³-hybridized carbons (Fsp3) is 0.652. The lowest BCUT2D eigenvalue weighted by atomic mass is 9.94. The summed E-state index contributed by atoms with van der Waals surface area (Å²) in [6, 6.07) is 2.15. The van der Waals surface area contributed by atoms with E-state index in [0.717, 1.165) is 32.0 Å². The molecular formula is C23H35F2N3O3. The maximum Gasteiger partial charge on any atom is 0.222 e. The molecule has 8 heteroatoms. The van der Waals surface area contributed by atoms with Gasteiger partial charge in [0.15, 0.2) is 0 Å². The van der Waals surface area contributed by atoms with E-state index >= 15 is 0 Å². The number of likely N-dealkylation sites (tertiary alicyclic amines) is 1. The van der Waals surface area contributed by atoms with Crippen LogP contribution in [0.2, 0.25) is 0 Å². The second-order valence-corrected chi connectivity index (χ2v) is 8.29. The monoisotopic (exact) mass is 439 g/mol. The molecule has 0 spiro atoms. The topological polar surface area (TPSA) is 81.7 Å². The second kappa shape index (κ2) is 12.7. The number of carbonyl (C=O) groups is 2. The molecule has 1 saturated heterocycles. The number of aliphatic hydroxyl groups excluding tert-OH is 1. The zero-order valence-electron chi connectivity index (χ0n) is 18.5. The smallest absolute Gasteiger partial charge is 0.222 e. The van der Waals surface area contributed by atoms with Crippen molar-refractivity contribution in [2.24, 2.45) is 0 Å². The van der Waals surface area contributed by atoms with Gasteiger partial charge in [-0.1, -0.05) is 6.92 Å². The normalized spacial score (nSPS) is 17.1. The first-order valence-corrected chi connectivity index (χ1v) is 11.2. The fourth-order valence-corrected chi connectivity index (χ4v) is 4.12. The van der Waals surface area contributed by atoms with E-state index in [4.69, 9.17) is 0 Å². The third-order valence-corrected chi connectivity index (χ3v) is 5.71. The SMILES string of the molecule is CC[C@@H](NCCCC(=O)N1CCCCC1)[C@@H](O)[C@H](Cc1cc(F)cc(F)c1)NC(C)=O. The van der Waals surface area contributed by atoms with Crippen molar-refractivity contribution in [3.63, 3.8) is 0 Å². The molecule has 2 rings (SSSR count). The lowest BCUT2D eigenvalue weighted by Crippen LogP contribution is -2.53. The van der Waals surface area contributed by atoms with Crippen LogP contribution in [0.5, 0.6) is 0 Å². The molecule has 0 aromatic heterocycles. The standard InChI is InChI=1S/C23H35F2N3O3/c1-3-20(26-9-7-8-22(30)28-10-5-4-6-11-28)23(31)21(27-16(2)29)14-17-12-18(24)15-19(25)13-17/h12-13,15,20-21,23,26,31H,3-11,14H2,1-2H3,(H,27,29)/t20-,21+,23-/m1/s1. The highest BCUT2D eigenvalue weighted by atomic mass is 19.1. The van der Waals surface area contributed by atoms with Crippen LogP contribution in [0.4, 0.5) is 8.78 Å². The van der Waals surface area contributed by atoms with Crippen molar-refractivity contribution in [1.82, 2.24) is 15.5 Å². The predicted molar refractivity (Wildman–Crippen MR) is 115 cm³/mol. The average Bonchev–Trinajstić information content (AvgIpc) is 2.72. The summed E-state index contributed by atoms with van der Waals surface area (Å²) in [6.45, 7) is 5.47. The number of rotatable bonds is 11. The third kappa shape index (κ3) is 8.53. The molecule has 31 heavy (non-hydrogen) atoms. The van der Waals surface area contributed by atoms with Gasteiger partial charge in [0.05, 0.1) is 12.1 Å². The Morgan fingerprint density at radius 3 is 2.32 bits per heavy atom. The van der Waals surface area contributed by atoms with E-state index < -0.39 is 23.8 Å². The van der Waals surface area contributed by atoms with E-state index in [2.05, 4.69) is 10.6 Å². The largest absolute Gasteiger partial charge is 0.389 e. The van der Waals surface area contributed by atoms with Gasteiger partial charge in [-0.25, -0.2) is 8.78 Å². The summed E-state index contributed by atoms with van der Waals surface area (Å²) in [7, 11) is 0. The molecule has 1 aromatic rings. The Morgan fingerprint density at radius 1 is 1.10 bits per heavy atom. The summed E-state index contributed by atoms with van der Waals surface area (Å²) in [5, 5.41) is 16.9. The predicted octanol–water partition coefficient (Wildman–Crippen LogP) is 2.53. The number of hydrogen-bond acceptors (Lipinski definition) is 4. The van der Waals surface area contributed by atoms with Crippen LogP contribution >= 0.6 is 0 Å². The summed E-state index contributed by atoms with van der Waals surface area (Å²) in [5.74, 6) is -1.56. The van der Waals surface area contributed by atoms with Crippen LogP contribution in [0.3, 0.4) is 0 Å². The van der Waals surface area contributed by atoms with Crippen molar-refractivity contribution in [3.8, 4) is 0 Å². The molecule has 2 amide bonds.